The maximum absolute atomic E-state index is 11.8. The van der Waals surface area contributed by atoms with E-state index in [1.165, 1.54) is 0 Å². The summed E-state index contributed by atoms with van der Waals surface area (Å²) in [5.41, 5.74) is 2.04. The molecule has 0 aliphatic heterocycles. The lowest BCUT2D eigenvalue weighted by Gasteiger charge is -2.31. The predicted molar refractivity (Wildman–Crippen MR) is 93.6 cm³/mol. The Kier molecular flexibility index (Phi) is 7.42. The van der Waals surface area contributed by atoms with Gasteiger partial charge in [-0.05, 0) is 18.8 Å². The molecule has 20 heavy (non-hydrogen) atoms. The first-order valence-corrected chi connectivity index (χ1v) is 7.85. The Morgan fingerprint density at radius 1 is 1.05 bits per heavy atom. The normalized spacial score (nSPS) is 11.0. The second kappa shape index (κ2) is 7.77. The van der Waals surface area contributed by atoms with Gasteiger partial charge in [-0.1, -0.05) is 46.8 Å². The summed E-state index contributed by atoms with van der Waals surface area (Å²) in [6, 6.07) is 0. The Morgan fingerprint density at radius 2 is 1.55 bits per heavy atom. The number of hydrogen-bond donors (Lipinski definition) is 0. The van der Waals surface area contributed by atoms with E-state index in [-0.39, 0.29) is 5.43 Å². The molecule has 1 aromatic carbocycles. The smallest absolute Gasteiger partial charge is 0.224 e. The molecule has 0 bridgehead atoms. The standard InChI is InChI=1S/C14H24N2OS.C2H6/c1-7-15(5)10-11(13(18)12(10)17)16(6)9-8-14(2,3)4;1-2/h7-9H2,1-6H3;1-2H3. The fraction of sp³-hybridized carbons (Fsp3) is 0.750. The summed E-state index contributed by atoms with van der Waals surface area (Å²) in [6.07, 6.45) is 1.08. The quantitative estimate of drug-likeness (QED) is 0.766. The molecule has 0 saturated carbocycles. The Balaban J connectivity index is 0.00000172. The van der Waals surface area contributed by atoms with E-state index < -0.39 is 0 Å². The molecule has 0 aliphatic rings. The molecule has 0 radical (unpaired) electrons. The van der Waals surface area contributed by atoms with Crippen LogP contribution in [-0.2, 0) is 0 Å². The van der Waals surface area contributed by atoms with Crippen molar-refractivity contribution in [3.05, 3.63) is 14.7 Å². The van der Waals surface area contributed by atoms with Gasteiger partial charge < -0.3 is 9.80 Å². The Hall–Kier alpha value is -0.900. The van der Waals surface area contributed by atoms with E-state index in [1.54, 1.807) is 0 Å². The van der Waals surface area contributed by atoms with Crippen LogP contribution in [0.4, 0.5) is 11.4 Å². The summed E-state index contributed by atoms with van der Waals surface area (Å²) in [5, 5.41) is 0. The molecule has 0 aliphatic carbocycles. The number of hydrogen-bond acceptors (Lipinski definition) is 4. The fourth-order valence-electron chi connectivity index (χ4n) is 1.85. The molecule has 1 aromatic rings. The van der Waals surface area contributed by atoms with E-state index in [4.69, 9.17) is 12.2 Å². The molecule has 0 aromatic heterocycles. The summed E-state index contributed by atoms with van der Waals surface area (Å²) in [6.45, 7) is 14.4. The van der Waals surface area contributed by atoms with Crippen LogP contribution in [0.25, 0.3) is 0 Å². The maximum Gasteiger partial charge on any atom is 0.224 e. The van der Waals surface area contributed by atoms with Gasteiger partial charge in [0.2, 0.25) is 5.43 Å². The van der Waals surface area contributed by atoms with Gasteiger partial charge in [-0.3, -0.25) is 4.79 Å². The lowest BCUT2D eigenvalue weighted by molar-refractivity contribution is 0.381. The fourth-order valence-corrected chi connectivity index (χ4v) is 2.20. The van der Waals surface area contributed by atoms with Gasteiger partial charge in [-0.15, -0.1) is 0 Å². The third-order valence-electron chi connectivity index (χ3n) is 3.30. The van der Waals surface area contributed by atoms with Gasteiger partial charge >= 0.3 is 0 Å². The maximum atomic E-state index is 11.8. The van der Waals surface area contributed by atoms with Gasteiger partial charge in [0, 0.05) is 27.2 Å². The highest BCUT2D eigenvalue weighted by atomic mass is 32.1. The summed E-state index contributed by atoms with van der Waals surface area (Å²) in [7, 11) is 3.95. The highest BCUT2D eigenvalue weighted by molar-refractivity contribution is 7.71. The first-order valence-electron chi connectivity index (χ1n) is 7.44. The first-order chi connectivity index (χ1) is 9.19. The number of rotatable bonds is 5. The van der Waals surface area contributed by atoms with Crippen LogP contribution >= 0.6 is 12.2 Å². The van der Waals surface area contributed by atoms with E-state index >= 15 is 0 Å². The van der Waals surface area contributed by atoms with Crippen molar-refractivity contribution in [2.75, 3.05) is 37.0 Å². The molecular formula is C16H30N2OS. The molecule has 0 atom stereocenters. The van der Waals surface area contributed by atoms with Gasteiger partial charge in [0.1, 0.15) is 10.2 Å². The molecule has 0 heterocycles. The lowest BCUT2D eigenvalue weighted by Crippen LogP contribution is -2.34. The average Bonchev–Trinajstić information content (AvgIpc) is 2.41. The highest BCUT2D eigenvalue weighted by Crippen LogP contribution is 2.30. The molecule has 116 valence electrons. The van der Waals surface area contributed by atoms with Crippen LogP contribution in [-0.4, -0.2) is 27.2 Å². The van der Waals surface area contributed by atoms with Crippen LogP contribution in [0.1, 0.15) is 48.0 Å². The minimum Gasteiger partial charge on any atom is -0.371 e. The van der Waals surface area contributed by atoms with Crippen molar-refractivity contribution in [3.8, 4) is 0 Å². The van der Waals surface area contributed by atoms with Crippen molar-refractivity contribution in [2.45, 2.75) is 48.0 Å². The van der Waals surface area contributed by atoms with Crippen molar-refractivity contribution in [2.24, 2.45) is 5.41 Å². The highest BCUT2D eigenvalue weighted by Gasteiger charge is 2.24. The zero-order valence-electron chi connectivity index (χ0n) is 14.3. The number of nitrogens with zero attached hydrogens (tertiary/aromatic N) is 2. The molecule has 0 unspecified atom stereocenters. The zero-order valence-corrected chi connectivity index (χ0v) is 15.1. The predicted octanol–water partition coefficient (Wildman–Crippen LogP) is 4.01. The molecule has 1 rings (SSSR count). The molecular weight excluding hydrogens is 268 g/mol. The minimum atomic E-state index is 0.0203. The molecule has 0 fully saturated rings. The third kappa shape index (κ3) is 4.58. The van der Waals surface area contributed by atoms with Crippen LogP contribution < -0.4 is 15.2 Å². The molecule has 0 saturated heterocycles. The van der Waals surface area contributed by atoms with Crippen LogP contribution in [0.15, 0.2) is 4.79 Å². The second-order valence-electron chi connectivity index (χ2n) is 6.10. The largest absolute Gasteiger partial charge is 0.371 e. The molecule has 3 nitrogen and oxygen atoms in total. The Labute approximate surface area is 129 Å². The van der Waals surface area contributed by atoms with Crippen LogP contribution in [0.3, 0.4) is 0 Å². The van der Waals surface area contributed by atoms with Gasteiger partial charge in [-0.2, -0.15) is 0 Å². The number of anilines is 2. The monoisotopic (exact) mass is 298 g/mol. The zero-order chi connectivity index (χ0) is 16.1. The van der Waals surface area contributed by atoms with E-state index in [0.29, 0.717) is 9.93 Å². The van der Waals surface area contributed by atoms with Crippen molar-refractivity contribution in [1.29, 1.82) is 0 Å². The summed E-state index contributed by atoms with van der Waals surface area (Å²) in [5.74, 6) is 0. The van der Waals surface area contributed by atoms with E-state index in [0.717, 1.165) is 30.9 Å². The van der Waals surface area contributed by atoms with Gasteiger partial charge in [0.15, 0.2) is 0 Å². The van der Waals surface area contributed by atoms with Crippen molar-refractivity contribution >= 4 is 23.6 Å². The average molecular weight is 298 g/mol. The molecule has 0 N–H and O–H groups in total. The lowest BCUT2D eigenvalue weighted by atomic mass is 9.92. The first kappa shape index (κ1) is 19.1. The van der Waals surface area contributed by atoms with Gasteiger partial charge in [0.25, 0.3) is 0 Å². The summed E-state index contributed by atoms with van der Waals surface area (Å²) >= 11 is 5.18. The van der Waals surface area contributed by atoms with Crippen molar-refractivity contribution in [3.63, 3.8) is 0 Å². The van der Waals surface area contributed by atoms with Crippen LogP contribution in [0.5, 0.6) is 0 Å². The van der Waals surface area contributed by atoms with E-state index in [2.05, 4.69) is 25.7 Å². The minimum absolute atomic E-state index is 0.0203. The Morgan fingerprint density at radius 3 is 1.95 bits per heavy atom. The molecule has 4 heteroatoms. The molecule has 0 spiro atoms. The van der Waals surface area contributed by atoms with Gasteiger partial charge in [-0.25, -0.2) is 0 Å². The summed E-state index contributed by atoms with van der Waals surface area (Å²) < 4.78 is 0.488. The van der Waals surface area contributed by atoms with Crippen LogP contribution in [0.2, 0.25) is 0 Å². The van der Waals surface area contributed by atoms with Crippen molar-refractivity contribution in [1.82, 2.24) is 0 Å². The Bertz CT molecular complexity index is 481. The molecule has 0 amide bonds. The van der Waals surface area contributed by atoms with E-state index in [9.17, 15) is 4.79 Å². The second-order valence-corrected chi connectivity index (χ2v) is 6.51. The van der Waals surface area contributed by atoms with Crippen molar-refractivity contribution < 1.29 is 0 Å². The topological polar surface area (TPSA) is 23.6 Å². The van der Waals surface area contributed by atoms with Crippen LogP contribution in [0, 0.1) is 9.93 Å². The summed E-state index contributed by atoms with van der Waals surface area (Å²) in [4.78, 5) is 15.9. The van der Waals surface area contributed by atoms with E-state index in [1.807, 2.05) is 39.8 Å². The van der Waals surface area contributed by atoms with Gasteiger partial charge in [0.05, 0.1) is 5.69 Å². The SMILES string of the molecule is CC.CCN(C)c1c(N(C)CCC(C)(C)C)c(=S)c1=O. The third-order valence-corrected chi connectivity index (χ3v) is 3.67.